The maximum atomic E-state index is 11.1. The smallest absolute Gasteiger partial charge is 0.280 e. The minimum absolute atomic E-state index is 0.239. The summed E-state index contributed by atoms with van der Waals surface area (Å²) >= 11 is 11.6. The van der Waals surface area contributed by atoms with Gasteiger partial charge in [0.2, 0.25) is 0 Å². The van der Waals surface area contributed by atoms with E-state index in [1.165, 1.54) is 0 Å². The molecule has 1 atom stereocenters. The third-order valence-corrected chi connectivity index (χ3v) is 6.69. The molecule has 0 radical (unpaired) electrons. The number of halogens is 1. The summed E-state index contributed by atoms with van der Waals surface area (Å²) in [5.41, 5.74) is 2.47. The van der Waals surface area contributed by atoms with Crippen molar-refractivity contribution in [3.63, 3.8) is 0 Å². The predicted octanol–water partition coefficient (Wildman–Crippen LogP) is 4.28. The van der Waals surface area contributed by atoms with Crippen molar-refractivity contribution in [2.45, 2.75) is 13.0 Å². The zero-order valence-corrected chi connectivity index (χ0v) is 20.1. The van der Waals surface area contributed by atoms with Crippen LogP contribution in [0.2, 0.25) is 5.02 Å². The van der Waals surface area contributed by atoms with Crippen LogP contribution in [0.3, 0.4) is 0 Å². The zero-order valence-electron chi connectivity index (χ0n) is 17.6. The first kappa shape index (κ1) is 23.1. The monoisotopic (exact) mass is 492 g/mol. The van der Waals surface area contributed by atoms with E-state index < -0.39 is 11.3 Å². The molecule has 2 heterocycles. The largest absolute Gasteiger partial charge is 0.491 e. The van der Waals surface area contributed by atoms with Gasteiger partial charge in [-0.15, -0.1) is 11.3 Å². The first-order valence-corrected chi connectivity index (χ1v) is 12.0. The molecule has 2 aromatic carbocycles. The van der Waals surface area contributed by atoms with Crippen molar-refractivity contribution in [2.24, 2.45) is 0 Å². The standard InChI is InChI=1S/C22H25ClN4O3S2/c1-14-24-20-11-17(3-5-21(20)32-14)30-13-16(28)12-26-6-8-27(9-7-26)15-2-4-19(18(23)10-15)25-22(29)31/h2-5,10-11,16,28H,6-9,12-13H2,1H3,(H2,25,29,31). The number of rotatable bonds is 7. The molecule has 0 spiro atoms. The lowest BCUT2D eigenvalue weighted by molar-refractivity contribution is 0.0663. The number of aromatic nitrogens is 1. The Morgan fingerprint density at radius 2 is 2.06 bits per heavy atom. The predicted molar refractivity (Wildman–Crippen MR) is 134 cm³/mol. The van der Waals surface area contributed by atoms with Gasteiger partial charge in [0.05, 0.1) is 25.9 Å². The van der Waals surface area contributed by atoms with Crippen LogP contribution in [0.15, 0.2) is 36.4 Å². The fourth-order valence-electron chi connectivity index (χ4n) is 3.76. The lowest BCUT2D eigenvalue weighted by Gasteiger charge is -2.37. The molecular weight excluding hydrogens is 468 g/mol. The van der Waals surface area contributed by atoms with Gasteiger partial charge in [-0.3, -0.25) is 9.69 Å². The summed E-state index contributed by atoms with van der Waals surface area (Å²) in [5.74, 6) is 0.723. The summed E-state index contributed by atoms with van der Waals surface area (Å²) in [5, 5.41) is 14.1. The summed E-state index contributed by atoms with van der Waals surface area (Å²) in [6.45, 7) is 6.08. The number of aryl methyl sites for hydroxylation is 1. The molecule has 1 saturated heterocycles. The molecule has 0 aliphatic carbocycles. The molecule has 1 unspecified atom stereocenters. The molecule has 1 aliphatic heterocycles. The van der Waals surface area contributed by atoms with Crippen LogP contribution >= 0.6 is 35.6 Å². The van der Waals surface area contributed by atoms with Crippen LogP contribution in [-0.2, 0) is 0 Å². The second-order valence-corrected chi connectivity index (χ2v) is 9.76. The summed E-state index contributed by atoms with van der Waals surface area (Å²) in [4.78, 5) is 20.1. The summed E-state index contributed by atoms with van der Waals surface area (Å²) in [6, 6.07) is 11.4. The Morgan fingerprint density at radius 1 is 1.28 bits per heavy atom. The Bertz CT molecular complexity index is 1100. The van der Waals surface area contributed by atoms with Crippen molar-refractivity contribution in [3.05, 3.63) is 46.4 Å². The Balaban J connectivity index is 1.24. The third kappa shape index (κ3) is 5.85. The van der Waals surface area contributed by atoms with Gasteiger partial charge in [0.25, 0.3) is 5.24 Å². The molecule has 0 bridgehead atoms. The van der Waals surface area contributed by atoms with E-state index in [0.29, 0.717) is 17.3 Å². The fourth-order valence-corrected chi connectivity index (χ4v) is 4.91. The molecule has 32 heavy (non-hydrogen) atoms. The second kappa shape index (κ2) is 10.3. The molecule has 3 aromatic rings. The first-order valence-electron chi connectivity index (χ1n) is 10.3. The highest BCUT2D eigenvalue weighted by Crippen LogP contribution is 2.29. The molecule has 1 amide bonds. The first-order chi connectivity index (χ1) is 15.4. The SMILES string of the molecule is Cc1nc2cc(OCC(O)CN3CCN(c4ccc(NC(=O)S)c(Cl)c4)CC3)ccc2s1. The van der Waals surface area contributed by atoms with Gasteiger partial charge >= 0.3 is 0 Å². The number of piperazine rings is 1. The van der Waals surface area contributed by atoms with Crippen molar-refractivity contribution in [1.29, 1.82) is 0 Å². The van der Waals surface area contributed by atoms with E-state index in [4.69, 9.17) is 16.3 Å². The molecule has 7 nitrogen and oxygen atoms in total. The van der Waals surface area contributed by atoms with Gasteiger partial charge in [-0.25, -0.2) is 4.98 Å². The van der Waals surface area contributed by atoms with Crippen LogP contribution in [0, 0.1) is 6.92 Å². The highest BCUT2D eigenvalue weighted by molar-refractivity contribution is 7.96. The number of aliphatic hydroxyl groups excluding tert-OH is 1. The van der Waals surface area contributed by atoms with Crippen molar-refractivity contribution < 1.29 is 14.6 Å². The molecule has 4 rings (SSSR count). The van der Waals surface area contributed by atoms with Crippen molar-refractivity contribution in [1.82, 2.24) is 9.88 Å². The number of carbonyl (C=O) groups excluding carboxylic acids is 1. The minimum atomic E-state index is -0.576. The van der Waals surface area contributed by atoms with Crippen molar-refractivity contribution >= 4 is 62.4 Å². The topological polar surface area (TPSA) is 77.9 Å². The van der Waals surface area contributed by atoms with E-state index in [1.807, 2.05) is 37.3 Å². The van der Waals surface area contributed by atoms with E-state index in [9.17, 15) is 9.90 Å². The lowest BCUT2D eigenvalue weighted by atomic mass is 10.2. The van der Waals surface area contributed by atoms with E-state index in [0.717, 1.165) is 52.8 Å². The molecule has 10 heteroatoms. The highest BCUT2D eigenvalue weighted by Gasteiger charge is 2.20. The van der Waals surface area contributed by atoms with E-state index in [2.05, 4.69) is 32.7 Å². The number of anilines is 2. The van der Waals surface area contributed by atoms with Gasteiger partial charge in [0, 0.05) is 44.5 Å². The minimum Gasteiger partial charge on any atom is -0.491 e. The van der Waals surface area contributed by atoms with E-state index >= 15 is 0 Å². The van der Waals surface area contributed by atoms with Gasteiger partial charge in [-0.2, -0.15) is 0 Å². The normalized spacial score (nSPS) is 15.7. The van der Waals surface area contributed by atoms with Crippen LogP contribution in [0.25, 0.3) is 10.2 Å². The molecule has 1 aromatic heterocycles. The zero-order chi connectivity index (χ0) is 22.7. The number of thiol groups is 1. The number of carbonyl (C=O) groups is 1. The number of ether oxygens (including phenoxy) is 1. The molecule has 1 aliphatic rings. The maximum absolute atomic E-state index is 11.1. The Morgan fingerprint density at radius 3 is 2.78 bits per heavy atom. The fraction of sp³-hybridized carbons (Fsp3) is 0.364. The summed E-state index contributed by atoms with van der Waals surface area (Å²) < 4.78 is 6.93. The average Bonchev–Trinajstić information content (AvgIpc) is 3.13. The van der Waals surface area contributed by atoms with Crippen LogP contribution in [0.1, 0.15) is 5.01 Å². The number of thiazole rings is 1. The highest BCUT2D eigenvalue weighted by atomic mass is 35.5. The third-order valence-electron chi connectivity index (χ3n) is 5.31. The van der Waals surface area contributed by atoms with Gasteiger partial charge in [-0.05, 0) is 37.3 Å². The quantitative estimate of drug-likeness (QED) is 0.427. The second-order valence-electron chi connectivity index (χ2n) is 7.71. The number of amides is 1. The number of hydrogen-bond donors (Lipinski definition) is 3. The molecule has 1 fully saturated rings. The Labute approximate surface area is 201 Å². The number of aliphatic hydroxyl groups is 1. The summed E-state index contributed by atoms with van der Waals surface area (Å²) in [7, 11) is 0. The average molecular weight is 493 g/mol. The summed E-state index contributed by atoms with van der Waals surface area (Å²) in [6.07, 6.45) is -0.576. The van der Waals surface area contributed by atoms with Crippen LogP contribution in [0.4, 0.5) is 16.2 Å². The number of benzene rings is 2. The van der Waals surface area contributed by atoms with E-state index in [1.54, 1.807) is 17.4 Å². The van der Waals surface area contributed by atoms with Crippen LogP contribution in [0.5, 0.6) is 5.75 Å². The van der Waals surface area contributed by atoms with Gasteiger partial charge in [0.1, 0.15) is 18.5 Å². The van der Waals surface area contributed by atoms with Gasteiger partial charge in [0.15, 0.2) is 0 Å². The van der Waals surface area contributed by atoms with Crippen molar-refractivity contribution in [2.75, 3.05) is 49.5 Å². The molecule has 170 valence electrons. The number of β-amino-alcohol motifs (C(OH)–C–C–N with tert-alkyl or cyclic N) is 1. The molecule has 0 saturated carbocycles. The molecular formula is C22H25ClN4O3S2. The van der Waals surface area contributed by atoms with Crippen LogP contribution in [-0.4, -0.2) is 65.7 Å². The number of fused-ring (bicyclic) bond motifs is 1. The number of nitrogens with zero attached hydrogens (tertiary/aromatic N) is 3. The maximum Gasteiger partial charge on any atom is 0.280 e. The molecule has 2 N–H and O–H groups in total. The number of nitrogens with one attached hydrogen (secondary N) is 1. The van der Waals surface area contributed by atoms with Gasteiger partial charge in [-0.1, -0.05) is 24.2 Å². The Hall–Kier alpha value is -2.04. The Kier molecular flexibility index (Phi) is 7.42. The lowest BCUT2D eigenvalue weighted by Crippen LogP contribution is -2.49. The van der Waals surface area contributed by atoms with Crippen molar-refractivity contribution in [3.8, 4) is 5.75 Å². The van der Waals surface area contributed by atoms with Gasteiger partial charge < -0.3 is 20.1 Å². The van der Waals surface area contributed by atoms with Crippen LogP contribution < -0.4 is 15.0 Å². The number of hydrogen-bond acceptors (Lipinski definition) is 7. The van der Waals surface area contributed by atoms with E-state index in [-0.39, 0.29) is 6.61 Å².